The minimum absolute atomic E-state index is 0.146. The number of benzene rings is 2. The molecule has 1 atom stereocenters. The van der Waals surface area contributed by atoms with E-state index in [1.54, 1.807) is 0 Å². The molecule has 1 aliphatic carbocycles. The van der Waals surface area contributed by atoms with E-state index in [0.29, 0.717) is 11.7 Å². The lowest BCUT2D eigenvalue weighted by Crippen LogP contribution is -2.37. The molecule has 1 aliphatic heterocycles. The molecular formula is C22H21N3OS. The Labute approximate surface area is 163 Å². The number of amides is 1. The lowest BCUT2D eigenvalue weighted by molar-refractivity contribution is -0.116. The van der Waals surface area contributed by atoms with Crippen LogP contribution in [0.4, 0.5) is 5.69 Å². The smallest absolute Gasteiger partial charge is 0.237 e. The van der Waals surface area contributed by atoms with Crippen LogP contribution in [0.1, 0.15) is 37.1 Å². The molecule has 5 rings (SSSR count). The third-order valence-corrected chi connectivity index (χ3v) is 6.31. The number of carbonyl (C=O) groups is 1. The Balaban J connectivity index is 1.41. The van der Waals surface area contributed by atoms with E-state index >= 15 is 0 Å². The minimum Gasteiger partial charge on any atom is -0.308 e. The molecule has 0 spiro atoms. The lowest BCUT2D eigenvalue weighted by Gasteiger charge is -2.22. The molecule has 2 heterocycles. The van der Waals surface area contributed by atoms with E-state index in [1.807, 2.05) is 47.4 Å². The number of nitrogens with zero attached hydrogens (tertiary/aromatic N) is 3. The van der Waals surface area contributed by atoms with Crippen molar-refractivity contribution in [2.45, 2.75) is 43.2 Å². The van der Waals surface area contributed by atoms with Gasteiger partial charge in [-0.25, -0.2) is 9.97 Å². The largest absolute Gasteiger partial charge is 0.308 e. The Bertz CT molecular complexity index is 1030. The van der Waals surface area contributed by atoms with Crippen molar-refractivity contribution in [1.29, 1.82) is 0 Å². The Morgan fingerprint density at radius 2 is 1.89 bits per heavy atom. The second kappa shape index (κ2) is 6.64. The average molecular weight is 375 g/mol. The first kappa shape index (κ1) is 16.8. The lowest BCUT2D eigenvalue weighted by atomic mass is 10.1. The predicted octanol–water partition coefficient (Wildman–Crippen LogP) is 4.58. The maximum atomic E-state index is 13.0. The number of anilines is 1. The van der Waals surface area contributed by atoms with Gasteiger partial charge in [-0.15, -0.1) is 0 Å². The normalized spacial score (nSPS) is 18.7. The van der Waals surface area contributed by atoms with Gasteiger partial charge in [-0.3, -0.25) is 4.79 Å². The van der Waals surface area contributed by atoms with Crippen LogP contribution in [0.3, 0.4) is 0 Å². The summed E-state index contributed by atoms with van der Waals surface area (Å²) in [4.78, 5) is 24.5. The summed E-state index contributed by atoms with van der Waals surface area (Å²) in [5.41, 5.74) is 3.29. The molecule has 0 saturated heterocycles. The highest BCUT2D eigenvalue weighted by Crippen LogP contribution is 2.40. The fourth-order valence-corrected chi connectivity index (χ4v) is 4.73. The van der Waals surface area contributed by atoms with Crippen LogP contribution >= 0.6 is 11.8 Å². The summed E-state index contributed by atoms with van der Waals surface area (Å²) in [5.74, 6) is 1.97. The molecule has 2 aliphatic rings. The third kappa shape index (κ3) is 3.10. The molecule has 1 fully saturated rings. The highest BCUT2D eigenvalue weighted by molar-refractivity contribution is 8.00. The van der Waals surface area contributed by atoms with Gasteiger partial charge in [0.05, 0.1) is 11.3 Å². The van der Waals surface area contributed by atoms with Crippen molar-refractivity contribution >= 4 is 34.3 Å². The number of para-hydroxylation sites is 2. The summed E-state index contributed by atoms with van der Waals surface area (Å²) >= 11 is 1.54. The van der Waals surface area contributed by atoms with E-state index in [0.717, 1.165) is 33.9 Å². The zero-order valence-electron chi connectivity index (χ0n) is 15.3. The molecule has 5 heteroatoms. The van der Waals surface area contributed by atoms with Crippen molar-refractivity contribution in [2.75, 3.05) is 10.7 Å². The molecule has 1 amide bonds. The van der Waals surface area contributed by atoms with Crippen LogP contribution in [-0.2, 0) is 11.2 Å². The van der Waals surface area contributed by atoms with Crippen LogP contribution < -0.4 is 4.90 Å². The predicted molar refractivity (Wildman–Crippen MR) is 109 cm³/mol. The molecule has 0 N–H and O–H groups in total. The van der Waals surface area contributed by atoms with Gasteiger partial charge < -0.3 is 4.90 Å². The van der Waals surface area contributed by atoms with E-state index < -0.39 is 0 Å². The fourth-order valence-electron chi connectivity index (χ4n) is 3.84. The molecule has 4 nitrogen and oxygen atoms in total. The first-order valence-electron chi connectivity index (χ1n) is 9.50. The number of rotatable bonds is 4. The summed E-state index contributed by atoms with van der Waals surface area (Å²) in [6.45, 7) is 2.12. The van der Waals surface area contributed by atoms with Crippen LogP contribution in [0.25, 0.3) is 10.9 Å². The van der Waals surface area contributed by atoms with Crippen LogP contribution in [0.5, 0.6) is 0 Å². The molecule has 0 radical (unpaired) electrons. The number of carbonyl (C=O) groups excluding carboxylic acids is 1. The van der Waals surface area contributed by atoms with Crippen LogP contribution in [0.15, 0.2) is 53.6 Å². The van der Waals surface area contributed by atoms with Crippen LogP contribution in [0, 0.1) is 0 Å². The number of hydrogen-bond donors (Lipinski definition) is 0. The van der Waals surface area contributed by atoms with Gasteiger partial charge in [0.1, 0.15) is 10.9 Å². The summed E-state index contributed by atoms with van der Waals surface area (Å²) in [7, 11) is 0. The first-order valence-corrected chi connectivity index (χ1v) is 10.5. The van der Waals surface area contributed by atoms with Crippen molar-refractivity contribution in [3.63, 3.8) is 0 Å². The van der Waals surface area contributed by atoms with Gasteiger partial charge in [0, 0.05) is 23.0 Å². The topological polar surface area (TPSA) is 46.1 Å². The summed E-state index contributed by atoms with van der Waals surface area (Å²) in [6.07, 6.45) is 3.27. The molecule has 1 saturated carbocycles. The third-order valence-electron chi connectivity index (χ3n) is 5.34. The maximum Gasteiger partial charge on any atom is 0.237 e. The number of hydrogen-bond acceptors (Lipinski definition) is 4. The fraction of sp³-hybridized carbons (Fsp3) is 0.318. The minimum atomic E-state index is 0.146. The quantitative estimate of drug-likeness (QED) is 0.495. The van der Waals surface area contributed by atoms with E-state index in [2.05, 4.69) is 13.0 Å². The standard InChI is InChI=1S/C22H21N3OS/c1-14-12-16-6-2-5-9-19(16)25(14)20(26)13-27-22-17-7-3-4-8-18(17)23-21(24-22)15-10-11-15/h2-9,14-15H,10-13H2,1H3/t14-/m1/s1. The Kier molecular flexibility index (Phi) is 4.12. The first-order chi connectivity index (χ1) is 13.2. The Morgan fingerprint density at radius 1 is 1.11 bits per heavy atom. The van der Waals surface area contributed by atoms with Crippen molar-refractivity contribution < 1.29 is 4.79 Å². The van der Waals surface area contributed by atoms with E-state index in [4.69, 9.17) is 9.97 Å². The van der Waals surface area contributed by atoms with Crippen molar-refractivity contribution in [3.05, 3.63) is 59.9 Å². The molecule has 1 aromatic heterocycles. The molecule has 0 unspecified atom stereocenters. The zero-order valence-corrected chi connectivity index (χ0v) is 16.1. The highest BCUT2D eigenvalue weighted by atomic mass is 32.2. The molecule has 2 aromatic carbocycles. The number of thioether (sulfide) groups is 1. The monoisotopic (exact) mass is 375 g/mol. The van der Waals surface area contributed by atoms with E-state index in [-0.39, 0.29) is 11.9 Å². The Hall–Kier alpha value is -2.40. The van der Waals surface area contributed by atoms with Gasteiger partial charge in [-0.1, -0.05) is 48.2 Å². The molecule has 3 aromatic rings. The van der Waals surface area contributed by atoms with Crippen molar-refractivity contribution in [3.8, 4) is 0 Å². The number of aromatic nitrogens is 2. The molecule has 0 bridgehead atoms. The summed E-state index contributed by atoms with van der Waals surface area (Å²) < 4.78 is 0. The maximum absolute atomic E-state index is 13.0. The van der Waals surface area contributed by atoms with E-state index in [9.17, 15) is 4.79 Å². The molecular weight excluding hydrogens is 354 g/mol. The average Bonchev–Trinajstić information content (AvgIpc) is 3.48. The highest BCUT2D eigenvalue weighted by Gasteiger charge is 2.31. The van der Waals surface area contributed by atoms with Crippen molar-refractivity contribution in [2.24, 2.45) is 0 Å². The van der Waals surface area contributed by atoms with Gasteiger partial charge in [0.2, 0.25) is 5.91 Å². The second-order valence-corrected chi connectivity index (χ2v) is 8.38. The van der Waals surface area contributed by atoms with Gasteiger partial charge in [0.25, 0.3) is 0 Å². The van der Waals surface area contributed by atoms with Gasteiger partial charge in [0.15, 0.2) is 0 Å². The van der Waals surface area contributed by atoms with Gasteiger partial charge >= 0.3 is 0 Å². The summed E-state index contributed by atoms with van der Waals surface area (Å²) in [6, 6.07) is 16.5. The van der Waals surface area contributed by atoms with Crippen LogP contribution in [0.2, 0.25) is 0 Å². The van der Waals surface area contributed by atoms with Crippen LogP contribution in [-0.4, -0.2) is 27.7 Å². The van der Waals surface area contributed by atoms with Crippen molar-refractivity contribution in [1.82, 2.24) is 9.97 Å². The second-order valence-electron chi connectivity index (χ2n) is 7.41. The Morgan fingerprint density at radius 3 is 2.74 bits per heavy atom. The zero-order chi connectivity index (χ0) is 18.4. The molecule has 136 valence electrons. The SMILES string of the molecule is C[C@@H]1Cc2ccccc2N1C(=O)CSc1nc(C2CC2)nc2ccccc12. The summed E-state index contributed by atoms with van der Waals surface area (Å²) in [5, 5.41) is 1.96. The number of fused-ring (bicyclic) bond motifs is 2. The van der Waals surface area contributed by atoms with Gasteiger partial charge in [-0.05, 0) is 43.9 Å². The van der Waals surface area contributed by atoms with E-state index in [1.165, 1.54) is 30.2 Å². The van der Waals surface area contributed by atoms with Gasteiger partial charge in [-0.2, -0.15) is 0 Å². The molecule has 27 heavy (non-hydrogen) atoms.